The van der Waals surface area contributed by atoms with Crippen LogP contribution in [0.2, 0.25) is 0 Å². The smallest absolute Gasteiger partial charge is 0.217 e. The zero-order valence-corrected chi connectivity index (χ0v) is 22.1. The topological polar surface area (TPSA) is 113 Å². The second-order valence-electron chi connectivity index (χ2n) is 8.84. The van der Waals surface area contributed by atoms with E-state index in [2.05, 4.69) is 6.07 Å². The molecule has 0 fully saturated rings. The maximum atomic E-state index is 11.9. The van der Waals surface area contributed by atoms with Crippen molar-refractivity contribution in [2.45, 2.75) is 51.0 Å². The van der Waals surface area contributed by atoms with Crippen LogP contribution in [0.4, 0.5) is 0 Å². The summed E-state index contributed by atoms with van der Waals surface area (Å²) in [6, 6.07) is 10.6. The van der Waals surface area contributed by atoms with Crippen molar-refractivity contribution in [1.82, 2.24) is 0 Å². The molecule has 196 valence electrons. The highest BCUT2D eigenvalue weighted by Crippen LogP contribution is 2.48. The number of methoxy groups -OCH3 is 5. The van der Waals surface area contributed by atoms with Crippen molar-refractivity contribution in [2.24, 2.45) is 5.92 Å². The Balaban J connectivity index is 2.32. The summed E-state index contributed by atoms with van der Waals surface area (Å²) in [5.41, 5.74) is 0.527. The predicted molar refractivity (Wildman–Crippen MR) is 136 cm³/mol. The van der Waals surface area contributed by atoms with E-state index in [1.165, 1.54) is 28.4 Å². The molecule has 2 unspecified atom stereocenters. The van der Waals surface area contributed by atoms with Gasteiger partial charge in [0, 0.05) is 23.3 Å². The lowest BCUT2D eigenvalue weighted by atomic mass is 9.69. The van der Waals surface area contributed by atoms with Crippen molar-refractivity contribution in [3.8, 4) is 34.8 Å². The summed E-state index contributed by atoms with van der Waals surface area (Å²) in [5, 5.41) is 22.3. The van der Waals surface area contributed by atoms with E-state index in [0.29, 0.717) is 53.6 Å². The first kappa shape index (κ1) is 28.6. The Kier molecular flexibility index (Phi) is 10.2. The van der Waals surface area contributed by atoms with E-state index in [1.54, 1.807) is 31.4 Å². The van der Waals surface area contributed by atoms with E-state index < -0.39 is 11.5 Å². The molecule has 9 heteroatoms. The highest BCUT2D eigenvalue weighted by Gasteiger charge is 2.40. The molecule has 2 atom stereocenters. The van der Waals surface area contributed by atoms with Crippen LogP contribution in [0.15, 0.2) is 30.3 Å². The summed E-state index contributed by atoms with van der Waals surface area (Å²) in [6.07, 6.45) is 1.45. The van der Waals surface area contributed by atoms with Gasteiger partial charge in [0.1, 0.15) is 0 Å². The minimum atomic E-state index is -0.935. The van der Waals surface area contributed by atoms with Crippen LogP contribution in [0, 0.1) is 27.4 Å². The van der Waals surface area contributed by atoms with Crippen molar-refractivity contribution in [2.75, 3.05) is 35.5 Å². The Morgan fingerprint density at radius 1 is 0.917 bits per heavy atom. The molecule has 0 aliphatic rings. The van der Waals surface area contributed by atoms with Crippen LogP contribution < -0.4 is 23.7 Å². The van der Waals surface area contributed by atoms with Gasteiger partial charge in [-0.3, -0.25) is 10.1 Å². The molecule has 0 amide bonds. The average Bonchev–Trinajstić information content (AvgIpc) is 2.89. The largest absolute Gasteiger partial charge is 0.493 e. The lowest BCUT2D eigenvalue weighted by Crippen LogP contribution is -2.32. The summed E-state index contributed by atoms with van der Waals surface area (Å²) in [7, 11) is 7.65. The van der Waals surface area contributed by atoms with Crippen LogP contribution >= 0.6 is 0 Å². The van der Waals surface area contributed by atoms with Gasteiger partial charge in [-0.1, -0.05) is 19.9 Å². The van der Waals surface area contributed by atoms with Gasteiger partial charge in [-0.05, 0) is 48.6 Å². The van der Waals surface area contributed by atoms with Crippen molar-refractivity contribution in [3.63, 3.8) is 0 Å². The Hall–Kier alpha value is -3.67. The molecule has 0 aliphatic heterocycles. The van der Waals surface area contributed by atoms with Gasteiger partial charge < -0.3 is 23.7 Å². The number of hydrogen-bond acceptors (Lipinski definition) is 8. The lowest BCUT2D eigenvalue weighted by Gasteiger charge is -2.33. The van der Waals surface area contributed by atoms with E-state index >= 15 is 0 Å². The molecule has 9 nitrogen and oxygen atoms in total. The molecule has 0 saturated heterocycles. The van der Waals surface area contributed by atoms with E-state index in [-0.39, 0.29) is 17.3 Å². The SMILES string of the molecule is COc1ccc(CC(CCCC(C#N)(c2ccc(OC)c(OC)c2OC)C(C)C)[N+](=O)[O-])cc1OC. The number of hydrogen-bond donors (Lipinski definition) is 0. The number of nitrogens with zero attached hydrogens (tertiary/aromatic N) is 2. The number of rotatable bonds is 14. The number of nitro groups is 1. The fraction of sp³-hybridized carbons (Fsp3) is 0.519. The van der Waals surface area contributed by atoms with Crippen LogP contribution in [-0.2, 0) is 11.8 Å². The minimum Gasteiger partial charge on any atom is -0.493 e. The molecular formula is C27H36N2O7. The molecule has 0 aliphatic carbocycles. The van der Waals surface area contributed by atoms with Crippen molar-refractivity contribution in [1.29, 1.82) is 5.26 Å². The molecule has 0 spiro atoms. The Morgan fingerprint density at radius 2 is 1.53 bits per heavy atom. The van der Waals surface area contributed by atoms with Crippen LogP contribution in [0.25, 0.3) is 0 Å². The highest BCUT2D eigenvalue weighted by atomic mass is 16.6. The van der Waals surface area contributed by atoms with E-state index in [0.717, 1.165) is 5.56 Å². The number of nitriles is 1. The van der Waals surface area contributed by atoms with E-state index in [9.17, 15) is 15.4 Å². The third-order valence-electron chi connectivity index (χ3n) is 6.70. The van der Waals surface area contributed by atoms with Crippen LogP contribution in [0.3, 0.4) is 0 Å². The van der Waals surface area contributed by atoms with E-state index in [4.69, 9.17) is 23.7 Å². The summed E-state index contributed by atoms with van der Waals surface area (Å²) in [5.74, 6) is 2.35. The van der Waals surface area contributed by atoms with Gasteiger partial charge in [-0.15, -0.1) is 0 Å². The van der Waals surface area contributed by atoms with Gasteiger partial charge in [-0.25, -0.2) is 0 Å². The molecule has 0 bridgehead atoms. The maximum absolute atomic E-state index is 11.9. The third kappa shape index (κ3) is 5.93. The molecule has 2 aromatic rings. The molecular weight excluding hydrogens is 464 g/mol. The van der Waals surface area contributed by atoms with Crippen molar-refractivity contribution >= 4 is 0 Å². The fourth-order valence-corrected chi connectivity index (χ4v) is 4.61. The molecule has 0 heterocycles. The Labute approximate surface area is 213 Å². The summed E-state index contributed by atoms with van der Waals surface area (Å²) in [6.45, 7) is 3.93. The van der Waals surface area contributed by atoms with Crippen LogP contribution in [-0.4, -0.2) is 46.5 Å². The zero-order valence-electron chi connectivity index (χ0n) is 22.1. The predicted octanol–water partition coefficient (Wildman–Crippen LogP) is 5.21. The molecule has 0 radical (unpaired) electrons. The van der Waals surface area contributed by atoms with Gasteiger partial charge in [0.25, 0.3) is 0 Å². The highest BCUT2D eigenvalue weighted by molar-refractivity contribution is 5.59. The van der Waals surface area contributed by atoms with Gasteiger partial charge in [-0.2, -0.15) is 5.26 Å². The van der Waals surface area contributed by atoms with E-state index in [1.807, 2.05) is 19.9 Å². The number of ether oxygens (including phenoxy) is 5. The molecule has 2 aromatic carbocycles. The zero-order chi connectivity index (χ0) is 26.9. The second kappa shape index (κ2) is 12.9. The molecule has 36 heavy (non-hydrogen) atoms. The standard InChI is InChI=1S/C27H36N2O7/c1-18(2)27(17-28,21-11-13-23(33-4)26(36-7)25(21)35-6)14-8-9-20(29(30)31)15-19-10-12-22(32-3)24(16-19)34-5/h10-13,16,18,20H,8-9,14-15H2,1-7H3. The van der Waals surface area contributed by atoms with Gasteiger partial charge >= 0.3 is 0 Å². The monoisotopic (exact) mass is 500 g/mol. The second-order valence-corrected chi connectivity index (χ2v) is 8.84. The molecule has 0 N–H and O–H groups in total. The third-order valence-corrected chi connectivity index (χ3v) is 6.70. The van der Waals surface area contributed by atoms with Crippen molar-refractivity contribution in [3.05, 3.63) is 51.6 Å². The summed E-state index contributed by atoms with van der Waals surface area (Å²) < 4.78 is 27.2. The van der Waals surface area contributed by atoms with Gasteiger partial charge in [0.15, 0.2) is 23.0 Å². The Bertz CT molecular complexity index is 1080. The van der Waals surface area contributed by atoms with Gasteiger partial charge in [0.05, 0.1) is 47.0 Å². The first-order chi connectivity index (χ1) is 17.2. The summed E-state index contributed by atoms with van der Waals surface area (Å²) >= 11 is 0. The molecule has 0 aromatic heterocycles. The normalized spacial score (nSPS) is 13.3. The fourth-order valence-electron chi connectivity index (χ4n) is 4.61. The minimum absolute atomic E-state index is 0.0885. The van der Waals surface area contributed by atoms with Crippen molar-refractivity contribution < 1.29 is 28.6 Å². The molecule has 0 saturated carbocycles. The average molecular weight is 501 g/mol. The number of benzene rings is 2. The quantitative estimate of drug-likeness (QED) is 0.257. The molecule has 2 rings (SSSR count). The van der Waals surface area contributed by atoms with Crippen LogP contribution in [0.1, 0.15) is 44.2 Å². The first-order valence-corrected chi connectivity index (χ1v) is 11.8. The van der Waals surface area contributed by atoms with Gasteiger partial charge in [0.2, 0.25) is 11.8 Å². The summed E-state index contributed by atoms with van der Waals surface area (Å²) in [4.78, 5) is 11.6. The lowest BCUT2D eigenvalue weighted by molar-refractivity contribution is -0.523. The first-order valence-electron chi connectivity index (χ1n) is 11.8. The van der Waals surface area contributed by atoms with Crippen LogP contribution in [0.5, 0.6) is 28.7 Å². The maximum Gasteiger partial charge on any atom is 0.217 e. The Morgan fingerprint density at radius 3 is 2.03 bits per heavy atom.